The minimum Gasteiger partial charge on any atom is -0.469 e. The third-order valence-electron chi connectivity index (χ3n) is 5.39. The van der Waals surface area contributed by atoms with E-state index in [4.69, 9.17) is 9.15 Å². The fraction of sp³-hybridized carbons (Fsp3) is 0.450. The molecule has 2 fully saturated rings. The van der Waals surface area contributed by atoms with Gasteiger partial charge in [-0.2, -0.15) is 0 Å². The van der Waals surface area contributed by atoms with E-state index in [-0.39, 0.29) is 24.4 Å². The van der Waals surface area contributed by atoms with E-state index >= 15 is 0 Å². The highest BCUT2D eigenvalue weighted by Crippen LogP contribution is 2.26. The second-order valence-electron chi connectivity index (χ2n) is 7.05. The molecule has 138 valence electrons. The molecule has 2 saturated heterocycles. The van der Waals surface area contributed by atoms with Gasteiger partial charge in [-0.15, -0.1) is 0 Å². The zero-order valence-corrected chi connectivity index (χ0v) is 14.9. The molecule has 0 spiro atoms. The lowest BCUT2D eigenvalue weighted by Gasteiger charge is -2.37. The molecule has 6 heteroatoms. The van der Waals surface area contributed by atoms with Crippen molar-refractivity contribution < 1.29 is 18.3 Å². The van der Waals surface area contributed by atoms with Crippen LogP contribution in [-0.2, 0) is 11.3 Å². The molecule has 1 amide bonds. The van der Waals surface area contributed by atoms with Crippen LogP contribution in [0.1, 0.15) is 28.1 Å². The van der Waals surface area contributed by atoms with Crippen molar-refractivity contribution in [3.05, 3.63) is 59.3 Å². The van der Waals surface area contributed by atoms with E-state index < -0.39 is 0 Å². The first-order valence-corrected chi connectivity index (χ1v) is 9.04. The van der Waals surface area contributed by atoms with E-state index in [0.29, 0.717) is 36.0 Å². The van der Waals surface area contributed by atoms with E-state index in [0.717, 1.165) is 19.5 Å². The number of furan rings is 1. The lowest BCUT2D eigenvalue weighted by atomic mass is 10.1. The Morgan fingerprint density at radius 3 is 2.88 bits per heavy atom. The molecule has 0 saturated carbocycles. The van der Waals surface area contributed by atoms with Crippen LogP contribution in [-0.4, -0.2) is 54.0 Å². The normalized spacial score (nSPS) is 23.2. The Morgan fingerprint density at radius 1 is 1.27 bits per heavy atom. The quantitative estimate of drug-likeness (QED) is 0.843. The Balaban J connectivity index is 1.34. The number of hydrogen-bond donors (Lipinski definition) is 0. The second kappa shape index (κ2) is 7.21. The van der Waals surface area contributed by atoms with Gasteiger partial charge in [0.1, 0.15) is 11.6 Å². The van der Waals surface area contributed by atoms with Gasteiger partial charge in [0.25, 0.3) is 5.91 Å². The predicted octanol–water partition coefficient (Wildman–Crippen LogP) is 2.84. The van der Waals surface area contributed by atoms with Crippen molar-refractivity contribution in [1.29, 1.82) is 0 Å². The number of rotatable bonds is 4. The van der Waals surface area contributed by atoms with Crippen LogP contribution < -0.4 is 0 Å². The summed E-state index contributed by atoms with van der Waals surface area (Å²) in [6, 6.07) is 8.75. The molecular weight excluding hydrogens is 335 g/mol. The first kappa shape index (κ1) is 17.2. The van der Waals surface area contributed by atoms with Crippen molar-refractivity contribution in [2.45, 2.75) is 32.1 Å². The first-order valence-electron chi connectivity index (χ1n) is 9.04. The summed E-state index contributed by atoms with van der Waals surface area (Å²) in [5.74, 6) is 0.469. The number of halogens is 1. The fourth-order valence-corrected chi connectivity index (χ4v) is 3.90. The van der Waals surface area contributed by atoms with Gasteiger partial charge < -0.3 is 14.1 Å². The molecule has 0 N–H and O–H groups in total. The maximum absolute atomic E-state index is 13.7. The van der Waals surface area contributed by atoms with E-state index in [9.17, 15) is 9.18 Å². The third kappa shape index (κ3) is 3.39. The van der Waals surface area contributed by atoms with Gasteiger partial charge in [0, 0.05) is 37.8 Å². The van der Waals surface area contributed by atoms with Gasteiger partial charge in [0.15, 0.2) is 0 Å². The number of amides is 1. The van der Waals surface area contributed by atoms with Gasteiger partial charge in [-0.1, -0.05) is 18.2 Å². The maximum Gasteiger partial charge on any atom is 0.257 e. The summed E-state index contributed by atoms with van der Waals surface area (Å²) < 4.78 is 24.9. The maximum atomic E-state index is 13.7. The van der Waals surface area contributed by atoms with Gasteiger partial charge in [-0.3, -0.25) is 9.69 Å². The Hall–Kier alpha value is -2.18. The standard InChI is InChI=1S/C20H23FN2O3/c1-14-18(6-9-25-14)20(24)23-8-7-22-12-17(10-16(22)11-23)26-13-15-4-2-3-5-19(15)21/h2-6,9,16-17H,7-8,10-13H2,1H3/t16-,17+/m0/s1. The number of hydrogen-bond acceptors (Lipinski definition) is 4. The summed E-state index contributed by atoms with van der Waals surface area (Å²) in [6.07, 6.45) is 2.49. The molecule has 2 aliphatic rings. The van der Waals surface area contributed by atoms with Gasteiger partial charge in [-0.25, -0.2) is 4.39 Å². The summed E-state index contributed by atoms with van der Waals surface area (Å²) in [6.45, 7) is 5.18. The smallest absolute Gasteiger partial charge is 0.257 e. The summed E-state index contributed by atoms with van der Waals surface area (Å²) in [7, 11) is 0. The van der Waals surface area contributed by atoms with Crippen LogP contribution in [0.3, 0.4) is 0 Å². The highest BCUT2D eigenvalue weighted by Gasteiger charge is 2.38. The average molecular weight is 358 g/mol. The Bertz CT molecular complexity index is 791. The fourth-order valence-electron chi connectivity index (χ4n) is 3.90. The van der Waals surface area contributed by atoms with Gasteiger partial charge >= 0.3 is 0 Å². The molecule has 5 nitrogen and oxygen atoms in total. The highest BCUT2D eigenvalue weighted by molar-refractivity contribution is 5.95. The molecule has 4 rings (SSSR count). The van der Waals surface area contributed by atoms with Crippen molar-refractivity contribution in [1.82, 2.24) is 9.80 Å². The number of fused-ring (bicyclic) bond motifs is 1. The van der Waals surface area contributed by atoms with Gasteiger partial charge in [0.05, 0.1) is 24.5 Å². The third-order valence-corrected chi connectivity index (χ3v) is 5.39. The predicted molar refractivity (Wildman–Crippen MR) is 94.3 cm³/mol. The van der Waals surface area contributed by atoms with Crippen molar-refractivity contribution in [2.75, 3.05) is 26.2 Å². The minimum atomic E-state index is -0.226. The number of carbonyl (C=O) groups excluding carboxylic acids is 1. The largest absolute Gasteiger partial charge is 0.469 e. The van der Waals surface area contributed by atoms with Gasteiger partial charge in [-0.05, 0) is 25.5 Å². The van der Waals surface area contributed by atoms with E-state index in [1.807, 2.05) is 17.9 Å². The number of ether oxygens (including phenoxy) is 1. The van der Waals surface area contributed by atoms with E-state index in [1.165, 1.54) is 6.07 Å². The van der Waals surface area contributed by atoms with E-state index in [2.05, 4.69) is 4.90 Å². The molecule has 26 heavy (non-hydrogen) atoms. The van der Waals surface area contributed by atoms with Crippen molar-refractivity contribution in [3.63, 3.8) is 0 Å². The molecule has 1 aromatic carbocycles. The topological polar surface area (TPSA) is 45.9 Å². The molecule has 3 heterocycles. The molecule has 0 radical (unpaired) electrons. The van der Waals surface area contributed by atoms with Crippen LogP contribution in [0.25, 0.3) is 0 Å². The summed E-state index contributed by atoms with van der Waals surface area (Å²) >= 11 is 0. The summed E-state index contributed by atoms with van der Waals surface area (Å²) in [5.41, 5.74) is 1.23. The SMILES string of the molecule is Cc1occc1C(=O)N1CCN2C[C@H](OCc3ccccc3F)C[C@H]2C1. The second-order valence-corrected chi connectivity index (χ2v) is 7.05. The number of carbonyl (C=O) groups is 1. The van der Waals surface area contributed by atoms with Crippen LogP contribution in [0.15, 0.2) is 41.0 Å². The van der Waals surface area contributed by atoms with Crippen molar-refractivity contribution >= 4 is 5.91 Å². The van der Waals surface area contributed by atoms with Crippen LogP contribution in [0, 0.1) is 12.7 Å². The number of benzene rings is 1. The average Bonchev–Trinajstić information content (AvgIpc) is 3.25. The molecule has 1 aromatic heterocycles. The number of piperazine rings is 1. The molecule has 0 unspecified atom stereocenters. The van der Waals surface area contributed by atoms with Crippen molar-refractivity contribution in [2.24, 2.45) is 0 Å². The first-order chi connectivity index (χ1) is 12.6. The minimum absolute atomic E-state index is 0.0339. The Kier molecular flexibility index (Phi) is 4.78. The van der Waals surface area contributed by atoms with Crippen LogP contribution in [0.4, 0.5) is 4.39 Å². The Morgan fingerprint density at radius 2 is 2.12 bits per heavy atom. The summed E-state index contributed by atoms with van der Waals surface area (Å²) in [4.78, 5) is 16.9. The summed E-state index contributed by atoms with van der Waals surface area (Å²) in [5, 5.41) is 0. The monoisotopic (exact) mass is 358 g/mol. The zero-order valence-electron chi connectivity index (χ0n) is 14.9. The van der Waals surface area contributed by atoms with Crippen molar-refractivity contribution in [3.8, 4) is 0 Å². The molecular formula is C20H23FN2O3. The highest BCUT2D eigenvalue weighted by atomic mass is 19.1. The lowest BCUT2D eigenvalue weighted by Crippen LogP contribution is -2.52. The molecule has 0 bridgehead atoms. The Labute approximate surface area is 152 Å². The molecule has 0 aliphatic carbocycles. The van der Waals surface area contributed by atoms with Gasteiger partial charge in [0.2, 0.25) is 0 Å². The number of nitrogens with zero attached hydrogens (tertiary/aromatic N) is 2. The van der Waals surface area contributed by atoms with Crippen LogP contribution in [0.2, 0.25) is 0 Å². The molecule has 2 aromatic rings. The lowest BCUT2D eigenvalue weighted by molar-refractivity contribution is 0.0438. The molecule has 2 atom stereocenters. The van der Waals surface area contributed by atoms with Crippen LogP contribution in [0.5, 0.6) is 0 Å². The zero-order chi connectivity index (χ0) is 18.1. The van der Waals surface area contributed by atoms with E-state index in [1.54, 1.807) is 24.5 Å². The van der Waals surface area contributed by atoms with Crippen LogP contribution >= 0.6 is 0 Å². The molecule has 2 aliphatic heterocycles. The number of aryl methyl sites for hydroxylation is 1.